The van der Waals surface area contributed by atoms with Gasteiger partial charge in [-0.15, -0.1) is 0 Å². The standard InChI is InChI=1S/C19H28O.C3H8O/c1-18-9-3-10-19(18,2)17-7-4-13-12-14(20)5-6-15(13)16(17)8-11-18;1-3(2)4/h12,15-17H,3-11H2,1-2H3;3-4H,1-2H3. The molecule has 0 amide bonds. The van der Waals surface area contributed by atoms with E-state index in [1.807, 2.05) is 6.08 Å². The highest BCUT2D eigenvalue weighted by atomic mass is 16.3. The van der Waals surface area contributed by atoms with Crippen LogP contribution in [0.1, 0.15) is 85.5 Å². The Morgan fingerprint density at radius 2 is 1.79 bits per heavy atom. The highest BCUT2D eigenvalue weighted by Gasteiger charge is 2.59. The molecule has 4 rings (SSSR count). The van der Waals surface area contributed by atoms with E-state index in [2.05, 4.69) is 13.8 Å². The van der Waals surface area contributed by atoms with Crippen molar-refractivity contribution in [2.24, 2.45) is 28.6 Å². The van der Waals surface area contributed by atoms with Crippen LogP contribution in [0.5, 0.6) is 0 Å². The third-order valence-corrected chi connectivity index (χ3v) is 7.95. The highest BCUT2D eigenvalue weighted by molar-refractivity contribution is 5.91. The third kappa shape index (κ3) is 3.00. The number of ketones is 1. The molecular formula is C22H36O2. The van der Waals surface area contributed by atoms with Crippen molar-refractivity contribution in [1.82, 2.24) is 0 Å². The van der Waals surface area contributed by atoms with E-state index in [1.165, 1.54) is 50.5 Å². The van der Waals surface area contributed by atoms with Gasteiger partial charge in [-0.1, -0.05) is 25.8 Å². The molecule has 1 N–H and O–H groups in total. The maximum atomic E-state index is 11.7. The van der Waals surface area contributed by atoms with Crippen molar-refractivity contribution in [3.8, 4) is 0 Å². The van der Waals surface area contributed by atoms with Crippen LogP contribution in [0.2, 0.25) is 0 Å². The number of allylic oxidation sites excluding steroid dienone is 1. The van der Waals surface area contributed by atoms with Crippen molar-refractivity contribution < 1.29 is 9.90 Å². The summed E-state index contributed by atoms with van der Waals surface area (Å²) in [6.45, 7) is 8.63. The number of carbonyl (C=O) groups is 1. The second-order valence-electron chi connectivity index (χ2n) is 9.60. The smallest absolute Gasteiger partial charge is 0.155 e. The Bertz CT molecular complexity index is 517. The van der Waals surface area contributed by atoms with Gasteiger partial charge in [-0.25, -0.2) is 0 Å². The first-order valence-corrected chi connectivity index (χ1v) is 10.2. The molecule has 2 heteroatoms. The van der Waals surface area contributed by atoms with E-state index in [0.29, 0.717) is 16.6 Å². The first kappa shape index (κ1) is 18.2. The molecule has 2 nitrogen and oxygen atoms in total. The lowest BCUT2D eigenvalue weighted by molar-refractivity contribution is -0.116. The van der Waals surface area contributed by atoms with E-state index >= 15 is 0 Å². The van der Waals surface area contributed by atoms with Gasteiger partial charge in [-0.05, 0) is 93.5 Å². The largest absolute Gasteiger partial charge is 0.394 e. The molecule has 5 unspecified atom stereocenters. The molecule has 0 aromatic heterocycles. The quantitative estimate of drug-likeness (QED) is 0.654. The summed E-state index contributed by atoms with van der Waals surface area (Å²) >= 11 is 0. The highest BCUT2D eigenvalue weighted by Crippen LogP contribution is 2.68. The van der Waals surface area contributed by atoms with Crippen LogP contribution in [-0.2, 0) is 4.79 Å². The van der Waals surface area contributed by atoms with Gasteiger partial charge in [0, 0.05) is 12.5 Å². The SMILES string of the molecule is CC(C)O.CC12CCCC1(C)C1CCC3=CC(=O)CCC3C1CC2. The minimum absolute atomic E-state index is 0.167. The first-order chi connectivity index (χ1) is 11.3. The van der Waals surface area contributed by atoms with Crippen molar-refractivity contribution in [1.29, 1.82) is 0 Å². The Morgan fingerprint density at radius 1 is 1.08 bits per heavy atom. The maximum Gasteiger partial charge on any atom is 0.155 e. The summed E-state index contributed by atoms with van der Waals surface area (Å²) in [6, 6.07) is 0. The number of rotatable bonds is 0. The van der Waals surface area contributed by atoms with Crippen LogP contribution < -0.4 is 0 Å². The van der Waals surface area contributed by atoms with E-state index < -0.39 is 0 Å². The molecule has 0 radical (unpaired) electrons. The van der Waals surface area contributed by atoms with Gasteiger partial charge in [0.25, 0.3) is 0 Å². The minimum atomic E-state index is -0.167. The molecule has 0 spiro atoms. The van der Waals surface area contributed by atoms with Crippen molar-refractivity contribution in [3.05, 3.63) is 11.6 Å². The van der Waals surface area contributed by atoms with Gasteiger partial charge >= 0.3 is 0 Å². The second-order valence-corrected chi connectivity index (χ2v) is 9.60. The van der Waals surface area contributed by atoms with E-state index in [4.69, 9.17) is 5.11 Å². The van der Waals surface area contributed by atoms with Gasteiger partial charge in [0.15, 0.2) is 5.78 Å². The van der Waals surface area contributed by atoms with E-state index in [9.17, 15) is 4.79 Å². The molecule has 24 heavy (non-hydrogen) atoms. The zero-order valence-corrected chi connectivity index (χ0v) is 16.1. The zero-order chi connectivity index (χ0) is 17.5. The lowest BCUT2D eigenvalue weighted by Crippen LogP contribution is -2.50. The monoisotopic (exact) mass is 332 g/mol. The number of fused-ring (bicyclic) bond motifs is 5. The lowest BCUT2D eigenvalue weighted by Gasteiger charge is -2.58. The number of aliphatic hydroxyl groups excluding tert-OH is 1. The number of hydrogen-bond acceptors (Lipinski definition) is 2. The fourth-order valence-electron chi connectivity index (χ4n) is 6.59. The van der Waals surface area contributed by atoms with Gasteiger partial charge in [-0.3, -0.25) is 4.79 Å². The Kier molecular flexibility index (Phi) is 4.99. The molecule has 0 aromatic rings. The Morgan fingerprint density at radius 3 is 2.50 bits per heavy atom. The van der Waals surface area contributed by atoms with Crippen LogP contribution >= 0.6 is 0 Å². The maximum absolute atomic E-state index is 11.7. The molecule has 0 aromatic carbocycles. The van der Waals surface area contributed by atoms with E-state index in [0.717, 1.165) is 30.6 Å². The molecule has 0 aliphatic heterocycles. The Hall–Kier alpha value is -0.630. The number of aliphatic hydroxyl groups is 1. The lowest BCUT2D eigenvalue weighted by atomic mass is 9.46. The predicted molar refractivity (Wildman–Crippen MR) is 98.7 cm³/mol. The van der Waals surface area contributed by atoms with Crippen LogP contribution in [-0.4, -0.2) is 17.0 Å². The van der Waals surface area contributed by atoms with E-state index in [-0.39, 0.29) is 6.10 Å². The average molecular weight is 333 g/mol. The summed E-state index contributed by atoms with van der Waals surface area (Å²) in [6.07, 6.45) is 13.6. The molecule has 5 atom stereocenters. The minimum Gasteiger partial charge on any atom is -0.394 e. The fourth-order valence-corrected chi connectivity index (χ4v) is 6.59. The topological polar surface area (TPSA) is 37.3 Å². The summed E-state index contributed by atoms with van der Waals surface area (Å²) in [5.74, 6) is 2.97. The molecular weight excluding hydrogens is 296 g/mol. The van der Waals surface area contributed by atoms with Gasteiger partial charge < -0.3 is 5.11 Å². The summed E-state index contributed by atoms with van der Waals surface area (Å²) in [4.78, 5) is 11.7. The third-order valence-electron chi connectivity index (χ3n) is 7.95. The Labute approximate surface area is 148 Å². The number of hydrogen-bond donors (Lipinski definition) is 1. The molecule has 136 valence electrons. The van der Waals surface area contributed by atoms with Crippen LogP contribution in [0.3, 0.4) is 0 Å². The molecule has 0 heterocycles. The molecule has 4 aliphatic rings. The first-order valence-electron chi connectivity index (χ1n) is 10.2. The average Bonchev–Trinajstić information content (AvgIpc) is 2.82. The number of carbonyl (C=O) groups excluding carboxylic acids is 1. The van der Waals surface area contributed by atoms with E-state index in [1.54, 1.807) is 13.8 Å². The van der Waals surface area contributed by atoms with Gasteiger partial charge in [0.1, 0.15) is 0 Å². The summed E-state index contributed by atoms with van der Waals surface area (Å²) in [7, 11) is 0. The molecule has 3 fully saturated rings. The summed E-state index contributed by atoms with van der Waals surface area (Å²) < 4.78 is 0. The Balaban J connectivity index is 0.000000383. The molecule has 0 saturated heterocycles. The zero-order valence-electron chi connectivity index (χ0n) is 16.1. The van der Waals surface area contributed by atoms with Crippen molar-refractivity contribution in [2.45, 2.75) is 91.6 Å². The van der Waals surface area contributed by atoms with Gasteiger partial charge in [0.2, 0.25) is 0 Å². The van der Waals surface area contributed by atoms with Crippen molar-refractivity contribution in [2.75, 3.05) is 0 Å². The van der Waals surface area contributed by atoms with Crippen LogP contribution in [0.15, 0.2) is 11.6 Å². The van der Waals surface area contributed by atoms with Crippen molar-refractivity contribution >= 4 is 5.78 Å². The van der Waals surface area contributed by atoms with Gasteiger partial charge in [-0.2, -0.15) is 0 Å². The van der Waals surface area contributed by atoms with Crippen molar-refractivity contribution in [3.63, 3.8) is 0 Å². The fraction of sp³-hybridized carbons (Fsp3) is 0.864. The van der Waals surface area contributed by atoms with Crippen LogP contribution in [0.4, 0.5) is 0 Å². The van der Waals surface area contributed by atoms with Crippen LogP contribution in [0, 0.1) is 28.6 Å². The molecule has 0 bridgehead atoms. The normalized spacial score (nSPS) is 44.0. The second kappa shape index (κ2) is 6.59. The molecule has 3 saturated carbocycles. The predicted octanol–water partition coefficient (Wildman–Crippen LogP) is 5.30. The van der Waals surface area contributed by atoms with Crippen LogP contribution in [0.25, 0.3) is 0 Å². The summed E-state index contributed by atoms with van der Waals surface area (Å²) in [5.41, 5.74) is 2.72. The molecule has 4 aliphatic carbocycles. The summed E-state index contributed by atoms with van der Waals surface area (Å²) in [5, 5.41) is 8.06. The van der Waals surface area contributed by atoms with Gasteiger partial charge in [0.05, 0.1) is 0 Å².